The van der Waals surface area contributed by atoms with Crippen LogP contribution in [0.2, 0.25) is 5.02 Å². The summed E-state index contributed by atoms with van der Waals surface area (Å²) in [6.45, 7) is 3.72. The number of nitrogens with zero attached hydrogens (tertiary/aromatic N) is 1. The number of sulfonamides is 1. The van der Waals surface area contributed by atoms with E-state index in [4.69, 9.17) is 11.6 Å². The molecule has 1 aromatic heterocycles. The maximum Gasteiger partial charge on any atom is 0.573 e. The van der Waals surface area contributed by atoms with Crippen molar-refractivity contribution in [2.75, 3.05) is 6.54 Å². The molecule has 6 aliphatic carbocycles. The largest absolute Gasteiger partial charge is 0.573 e. The number of Topliss-reactive ketones (excluding diaryl/α,β-unsaturated/α-hetero) is 1. The van der Waals surface area contributed by atoms with Crippen molar-refractivity contribution in [2.45, 2.75) is 94.0 Å². The third-order valence-electron chi connectivity index (χ3n) is 14.5. The standard InChI is InChI=1S/C42H44ClF4NO6S2/c1-37-15-12-27(49)22-39(37)18-19-41(30(23-39)33(50)21-29-31(43)5-3-6-32(29)44)34(37)13-16-38(2)35(41)14-17-40(38,51)25-48(56(52,53)36-7-4-20-55-36)24-26-8-10-28(11-9-26)54-42(45,46)47/h3-11,18-20,23,27,34-35,49,51H,12-17,21-22,24-25H2,1-2H3. The van der Waals surface area contributed by atoms with Gasteiger partial charge >= 0.3 is 6.36 Å². The predicted molar refractivity (Wildman–Crippen MR) is 204 cm³/mol. The molecule has 9 rings (SSSR count). The van der Waals surface area contributed by atoms with E-state index in [0.29, 0.717) is 43.2 Å². The molecule has 0 amide bonds. The summed E-state index contributed by atoms with van der Waals surface area (Å²) in [7, 11) is -4.19. The fourth-order valence-corrected chi connectivity index (χ4v) is 14.5. The lowest BCUT2D eigenvalue weighted by molar-refractivity contribution is -0.274. The average Bonchev–Trinajstić information content (AvgIpc) is 3.77. The van der Waals surface area contributed by atoms with Gasteiger partial charge in [-0.2, -0.15) is 4.31 Å². The van der Waals surface area contributed by atoms with Gasteiger partial charge in [-0.1, -0.05) is 67.9 Å². The number of fused-ring (bicyclic) bond motifs is 1. The number of benzene rings is 2. The van der Waals surface area contributed by atoms with E-state index in [0.717, 1.165) is 29.9 Å². The number of hydrogen-bond donors (Lipinski definition) is 2. The first-order valence-corrected chi connectivity index (χ1v) is 21.7. The topological polar surface area (TPSA) is 104 Å². The molecule has 1 heterocycles. The number of ether oxygens (including phenoxy) is 1. The molecule has 2 N–H and O–H groups in total. The number of allylic oxidation sites excluding steroid dienone is 4. The Balaban J connectivity index is 1.19. The zero-order valence-corrected chi connectivity index (χ0v) is 33.4. The molecule has 0 aliphatic heterocycles. The summed E-state index contributed by atoms with van der Waals surface area (Å²) >= 11 is 7.47. The van der Waals surface area contributed by atoms with Crippen molar-refractivity contribution in [1.82, 2.24) is 4.31 Å². The normalized spacial score (nSPS) is 34.8. The van der Waals surface area contributed by atoms with Crippen molar-refractivity contribution in [3.63, 3.8) is 0 Å². The number of carbonyl (C=O) groups excluding carboxylic acids is 1. The number of rotatable bonds is 10. The first-order chi connectivity index (χ1) is 26.3. The second kappa shape index (κ2) is 13.5. The second-order valence-electron chi connectivity index (χ2n) is 17.0. The second-order valence-corrected chi connectivity index (χ2v) is 20.5. The Labute approximate surface area is 333 Å². The summed E-state index contributed by atoms with van der Waals surface area (Å²) in [5, 5.41) is 25.8. The minimum Gasteiger partial charge on any atom is -0.406 e. The van der Waals surface area contributed by atoms with Crippen LogP contribution in [0.25, 0.3) is 0 Å². The van der Waals surface area contributed by atoms with Crippen molar-refractivity contribution in [1.29, 1.82) is 0 Å². The molecule has 300 valence electrons. The van der Waals surface area contributed by atoms with Crippen molar-refractivity contribution in [3.05, 3.63) is 106 Å². The SMILES string of the molecule is CC12CCC(O)CC13C=CC1(C(C(=O)Cc4c(F)cccc4Cl)=C3)C2CCC2(C)C1CCC2(O)CN(Cc1ccc(OC(F)(F)F)cc1)S(=O)(=O)c1cccs1. The van der Waals surface area contributed by atoms with E-state index in [1.54, 1.807) is 17.5 Å². The maximum atomic E-state index is 15.2. The highest BCUT2D eigenvalue weighted by Gasteiger charge is 2.74. The Bertz CT molecular complexity index is 2190. The Hall–Kier alpha value is -3.07. The van der Waals surface area contributed by atoms with Crippen LogP contribution in [0.5, 0.6) is 5.75 Å². The van der Waals surface area contributed by atoms with Gasteiger partial charge in [0.15, 0.2) is 5.78 Å². The third kappa shape index (κ3) is 6.04. The molecular formula is C42H44ClF4NO6S2. The zero-order valence-electron chi connectivity index (χ0n) is 31.0. The number of ketones is 1. The van der Waals surface area contributed by atoms with Gasteiger partial charge in [0.05, 0.1) is 11.7 Å². The van der Waals surface area contributed by atoms with E-state index in [9.17, 15) is 36.6 Å². The van der Waals surface area contributed by atoms with Crippen LogP contribution in [0.15, 0.2) is 88.0 Å². The molecule has 2 spiro atoms. The number of hydrogen-bond acceptors (Lipinski definition) is 7. The fraction of sp³-hybridized carbons (Fsp3) is 0.500. The Kier molecular flexibility index (Phi) is 9.57. The molecule has 8 atom stereocenters. The van der Waals surface area contributed by atoms with Crippen LogP contribution in [0.4, 0.5) is 17.6 Å². The number of aliphatic hydroxyl groups excluding tert-OH is 1. The lowest BCUT2D eigenvalue weighted by atomic mass is 9.32. The quantitative estimate of drug-likeness (QED) is 0.156. The van der Waals surface area contributed by atoms with Gasteiger partial charge in [-0.3, -0.25) is 4.79 Å². The monoisotopic (exact) mass is 833 g/mol. The summed E-state index contributed by atoms with van der Waals surface area (Å²) in [5.41, 5.74) is -3.21. The number of thiophene rings is 1. The summed E-state index contributed by atoms with van der Waals surface area (Å²) in [6, 6.07) is 12.4. The van der Waals surface area contributed by atoms with Crippen LogP contribution in [-0.4, -0.2) is 53.3 Å². The van der Waals surface area contributed by atoms with E-state index >= 15 is 4.39 Å². The highest BCUT2D eigenvalue weighted by Crippen LogP contribution is 2.78. The molecule has 3 fully saturated rings. The number of halogens is 5. The predicted octanol–water partition coefficient (Wildman–Crippen LogP) is 9.03. The van der Waals surface area contributed by atoms with Crippen LogP contribution >= 0.6 is 22.9 Å². The van der Waals surface area contributed by atoms with Crippen molar-refractivity contribution >= 4 is 38.7 Å². The van der Waals surface area contributed by atoms with Crippen LogP contribution in [0.3, 0.4) is 0 Å². The van der Waals surface area contributed by atoms with E-state index < -0.39 is 55.9 Å². The van der Waals surface area contributed by atoms with Crippen LogP contribution < -0.4 is 4.74 Å². The molecule has 2 bridgehead atoms. The molecule has 2 aromatic carbocycles. The molecule has 8 unspecified atom stereocenters. The van der Waals surface area contributed by atoms with Gasteiger partial charge < -0.3 is 14.9 Å². The van der Waals surface area contributed by atoms with E-state index in [-0.39, 0.29) is 63.8 Å². The van der Waals surface area contributed by atoms with Gasteiger partial charge in [-0.05, 0) is 103 Å². The summed E-state index contributed by atoms with van der Waals surface area (Å²) in [5.74, 6) is -1.65. The first-order valence-electron chi connectivity index (χ1n) is 19.0. The van der Waals surface area contributed by atoms with Crippen molar-refractivity contribution < 1.29 is 45.7 Å². The fourth-order valence-electron chi connectivity index (χ4n) is 11.7. The Morgan fingerprint density at radius 3 is 2.36 bits per heavy atom. The molecule has 14 heteroatoms. The molecule has 6 aliphatic rings. The Morgan fingerprint density at radius 1 is 0.982 bits per heavy atom. The summed E-state index contributed by atoms with van der Waals surface area (Å²) < 4.78 is 87.8. The number of carbonyl (C=O) groups is 1. The van der Waals surface area contributed by atoms with Crippen LogP contribution in [0.1, 0.15) is 69.9 Å². The van der Waals surface area contributed by atoms with E-state index in [1.165, 1.54) is 34.6 Å². The molecular weight excluding hydrogens is 790 g/mol. The lowest BCUT2D eigenvalue weighted by Gasteiger charge is -2.71. The van der Waals surface area contributed by atoms with Crippen LogP contribution in [-0.2, 0) is 27.8 Å². The minimum atomic E-state index is -4.89. The molecule has 3 saturated carbocycles. The van der Waals surface area contributed by atoms with E-state index in [2.05, 4.69) is 23.8 Å². The molecule has 3 aromatic rings. The first kappa shape index (κ1) is 39.7. The number of aliphatic hydroxyl groups is 2. The Morgan fingerprint density at radius 2 is 1.68 bits per heavy atom. The van der Waals surface area contributed by atoms with Crippen LogP contribution in [0, 0.1) is 39.3 Å². The van der Waals surface area contributed by atoms with Gasteiger partial charge in [0, 0.05) is 51.9 Å². The van der Waals surface area contributed by atoms with Gasteiger partial charge in [-0.25, -0.2) is 12.8 Å². The molecule has 56 heavy (non-hydrogen) atoms. The van der Waals surface area contributed by atoms with Gasteiger partial charge in [0.2, 0.25) is 0 Å². The van der Waals surface area contributed by atoms with Gasteiger partial charge in [0.25, 0.3) is 10.0 Å². The molecule has 0 radical (unpaired) electrons. The number of alkyl halides is 3. The zero-order chi connectivity index (χ0) is 40.1. The van der Waals surface area contributed by atoms with Gasteiger partial charge in [-0.15, -0.1) is 24.5 Å². The van der Waals surface area contributed by atoms with E-state index in [1.807, 2.05) is 13.0 Å². The van der Waals surface area contributed by atoms with Crippen molar-refractivity contribution in [2.24, 2.45) is 33.5 Å². The summed E-state index contributed by atoms with van der Waals surface area (Å²) in [6.07, 6.45) is 4.28. The highest BCUT2D eigenvalue weighted by atomic mass is 35.5. The third-order valence-corrected chi connectivity index (χ3v) is 18.0. The maximum absolute atomic E-state index is 15.2. The molecule has 7 nitrogen and oxygen atoms in total. The molecule has 0 saturated heterocycles. The minimum absolute atomic E-state index is 0.0450. The average molecular weight is 834 g/mol. The van der Waals surface area contributed by atoms with Crippen molar-refractivity contribution in [3.8, 4) is 5.75 Å². The summed E-state index contributed by atoms with van der Waals surface area (Å²) in [4.78, 5) is 14.8. The van der Waals surface area contributed by atoms with Gasteiger partial charge in [0.1, 0.15) is 15.8 Å². The lowest BCUT2D eigenvalue weighted by Crippen LogP contribution is -2.67. The smallest absolute Gasteiger partial charge is 0.406 e. The highest BCUT2D eigenvalue weighted by molar-refractivity contribution is 7.91.